The zero-order valence-corrected chi connectivity index (χ0v) is 10.7. The standard InChI is InChI=1S/C13H20O5/c1-10(13(14)18-9-12-8-17-12)4-2-3-5-15-6-11-7-16-11/h4,11-12H,2-3,5-9H2,1H3. The Morgan fingerprint density at radius 3 is 2.61 bits per heavy atom. The lowest BCUT2D eigenvalue weighted by atomic mass is 10.2. The van der Waals surface area contributed by atoms with Crippen molar-refractivity contribution in [1.82, 2.24) is 0 Å². The molecular formula is C13H20O5. The van der Waals surface area contributed by atoms with E-state index in [2.05, 4.69) is 0 Å². The minimum absolute atomic E-state index is 0.125. The Hall–Kier alpha value is -0.910. The summed E-state index contributed by atoms with van der Waals surface area (Å²) in [6.45, 7) is 5.07. The Balaban J connectivity index is 1.48. The highest BCUT2D eigenvalue weighted by Gasteiger charge is 2.24. The Morgan fingerprint density at radius 2 is 1.94 bits per heavy atom. The van der Waals surface area contributed by atoms with Crippen molar-refractivity contribution in [2.24, 2.45) is 0 Å². The van der Waals surface area contributed by atoms with Gasteiger partial charge in [0, 0.05) is 12.2 Å². The van der Waals surface area contributed by atoms with Crippen LogP contribution in [0.25, 0.3) is 0 Å². The van der Waals surface area contributed by atoms with Crippen LogP contribution in [0.3, 0.4) is 0 Å². The SMILES string of the molecule is CC(=CCCCOCC1CO1)C(=O)OCC1CO1. The second kappa shape index (κ2) is 6.87. The molecule has 0 aromatic rings. The highest BCUT2D eigenvalue weighted by molar-refractivity contribution is 5.87. The molecule has 2 heterocycles. The highest BCUT2D eigenvalue weighted by atomic mass is 16.6. The van der Waals surface area contributed by atoms with E-state index in [-0.39, 0.29) is 12.1 Å². The number of unbranched alkanes of at least 4 members (excludes halogenated alkanes) is 1. The van der Waals surface area contributed by atoms with E-state index < -0.39 is 0 Å². The van der Waals surface area contributed by atoms with Crippen LogP contribution in [-0.4, -0.2) is 51.2 Å². The van der Waals surface area contributed by atoms with Crippen LogP contribution >= 0.6 is 0 Å². The summed E-state index contributed by atoms with van der Waals surface area (Å²) in [5.41, 5.74) is 0.654. The van der Waals surface area contributed by atoms with Crippen LogP contribution in [0.1, 0.15) is 19.8 Å². The van der Waals surface area contributed by atoms with Gasteiger partial charge in [-0.15, -0.1) is 0 Å². The van der Waals surface area contributed by atoms with Crippen molar-refractivity contribution in [2.75, 3.05) is 33.0 Å². The second-order valence-corrected chi connectivity index (χ2v) is 4.61. The number of epoxide rings is 2. The quantitative estimate of drug-likeness (QED) is 0.267. The first-order valence-corrected chi connectivity index (χ1v) is 6.40. The lowest BCUT2D eigenvalue weighted by molar-refractivity contribution is -0.139. The molecule has 0 aliphatic carbocycles. The number of ether oxygens (including phenoxy) is 4. The number of carbonyl (C=O) groups excluding carboxylic acids is 1. The van der Waals surface area contributed by atoms with Crippen molar-refractivity contribution in [2.45, 2.75) is 32.0 Å². The largest absolute Gasteiger partial charge is 0.459 e. The molecule has 5 nitrogen and oxygen atoms in total. The molecule has 2 aliphatic rings. The van der Waals surface area contributed by atoms with Crippen molar-refractivity contribution >= 4 is 5.97 Å². The molecule has 0 saturated carbocycles. The molecule has 0 bridgehead atoms. The van der Waals surface area contributed by atoms with Crippen molar-refractivity contribution in [3.63, 3.8) is 0 Å². The van der Waals surface area contributed by atoms with Gasteiger partial charge in [0.1, 0.15) is 18.8 Å². The molecule has 0 radical (unpaired) electrons. The van der Waals surface area contributed by atoms with Gasteiger partial charge in [0.2, 0.25) is 0 Å². The maximum Gasteiger partial charge on any atom is 0.333 e. The van der Waals surface area contributed by atoms with Crippen LogP contribution in [0.2, 0.25) is 0 Å². The third-order valence-corrected chi connectivity index (χ3v) is 2.77. The molecule has 0 amide bonds. The molecule has 5 heteroatoms. The molecule has 2 atom stereocenters. The smallest absolute Gasteiger partial charge is 0.333 e. The molecular weight excluding hydrogens is 236 g/mol. The lowest BCUT2D eigenvalue weighted by Gasteiger charge is -2.03. The van der Waals surface area contributed by atoms with Gasteiger partial charge in [-0.05, 0) is 19.8 Å². The van der Waals surface area contributed by atoms with Gasteiger partial charge in [-0.1, -0.05) is 6.08 Å². The van der Waals surface area contributed by atoms with E-state index in [9.17, 15) is 4.79 Å². The van der Waals surface area contributed by atoms with Crippen LogP contribution in [-0.2, 0) is 23.7 Å². The first-order chi connectivity index (χ1) is 8.75. The molecule has 0 N–H and O–H groups in total. The normalized spacial score (nSPS) is 25.9. The van der Waals surface area contributed by atoms with Gasteiger partial charge >= 0.3 is 5.97 Å². The van der Waals surface area contributed by atoms with Gasteiger partial charge in [-0.3, -0.25) is 0 Å². The summed E-state index contributed by atoms with van der Waals surface area (Å²) in [6.07, 6.45) is 4.07. The summed E-state index contributed by atoms with van der Waals surface area (Å²) in [5, 5.41) is 0. The average Bonchev–Trinajstić information content (AvgIpc) is 3.24. The lowest BCUT2D eigenvalue weighted by Crippen LogP contribution is -2.10. The maximum atomic E-state index is 11.5. The van der Waals surface area contributed by atoms with Crippen molar-refractivity contribution in [1.29, 1.82) is 0 Å². The molecule has 0 aromatic heterocycles. The van der Waals surface area contributed by atoms with E-state index in [1.165, 1.54) is 0 Å². The van der Waals surface area contributed by atoms with E-state index in [0.717, 1.165) is 19.4 Å². The van der Waals surface area contributed by atoms with Crippen LogP contribution in [0, 0.1) is 0 Å². The molecule has 18 heavy (non-hydrogen) atoms. The van der Waals surface area contributed by atoms with Crippen LogP contribution < -0.4 is 0 Å². The first-order valence-electron chi connectivity index (χ1n) is 6.40. The Kier molecular flexibility index (Phi) is 5.16. The molecule has 0 aromatic carbocycles. The number of rotatable bonds is 9. The van der Waals surface area contributed by atoms with Crippen LogP contribution in [0.4, 0.5) is 0 Å². The van der Waals surface area contributed by atoms with Crippen molar-refractivity contribution in [3.8, 4) is 0 Å². The van der Waals surface area contributed by atoms with E-state index in [4.69, 9.17) is 18.9 Å². The molecule has 2 saturated heterocycles. The fourth-order valence-electron chi connectivity index (χ4n) is 1.41. The van der Waals surface area contributed by atoms with E-state index in [1.54, 1.807) is 6.92 Å². The molecule has 2 aliphatic heterocycles. The Bertz CT molecular complexity index is 305. The number of esters is 1. The summed E-state index contributed by atoms with van der Waals surface area (Å²) in [7, 11) is 0. The Labute approximate surface area is 107 Å². The number of carbonyl (C=O) groups is 1. The number of allylic oxidation sites excluding steroid dienone is 1. The van der Waals surface area contributed by atoms with Crippen LogP contribution in [0.5, 0.6) is 0 Å². The van der Waals surface area contributed by atoms with E-state index >= 15 is 0 Å². The summed E-state index contributed by atoms with van der Waals surface area (Å²) >= 11 is 0. The fourth-order valence-corrected chi connectivity index (χ4v) is 1.41. The predicted molar refractivity (Wildman–Crippen MR) is 64.2 cm³/mol. The van der Waals surface area contributed by atoms with E-state index in [0.29, 0.717) is 38.1 Å². The molecule has 102 valence electrons. The molecule has 2 unspecified atom stereocenters. The number of hydrogen-bond acceptors (Lipinski definition) is 5. The minimum atomic E-state index is -0.252. The molecule has 0 spiro atoms. The Morgan fingerprint density at radius 1 is 1.28 bits per heavy atom. The van der Waals surface area contributed by atoms with Crippen molar-refractivity contribution < 1.29 is 23.7 Å². The summed E-state index contributed by atoms with van der Waals surface area (Å²) in [5.74, 6) is -0.252. The van der Waals surface area contributed by atoms with Gasteiger partial charge in [0.25, 0.3) is 0 Å². The highest BCUT2D eigenvalue weighted by Crippen LogP contribution is 2.11. The maximum absolute atomic E-state index is 11.5. The zero-order valence-electron chi connectivity index (χ0n) is 10.7. The van der Waals surface area contributed by atoms with Gasteiger partial charge < -0.3 is 18.9 Å². The molecule has 2 fully saturated rings. The predicted octanol–water partition coefficient (Wildman–Crippen LogP) is 1.07. The first kappa shape index (κ1) is 13.5. The summed E-state index contributed by atoms with van der Waals surface area (Å²) in [4.78, 5) is 11.5. The second-order valence-electron chi connectivity index (χ2n) is 4.61. The van der Waals surface area contributed by atoms with Gasteiger partial charge in [-0.25, -0.2) is 4.79 Å². The molecule has 2 rings (SSSR count). The summed E-state index contributed by atoms with van der Waals surface area (Å²) in [6, 6.07) is 0. The van der Waals surface area contributed by atoms with E-state index in [1.807, 2.05) is 6.08 Å². The van der Waals surface area contributed by atoms with Gasteiger partial charge in [0.05, 0.1) is 19.8 Å². The van der Waals surface area contributed by atoms with Crippen LogP contribution in [0.15, 0.2) is 11.6 Å². The monoisotopic (exact) mass is 256 g/mol. The van der Waals surface area contributed by atoms with Gasteiger partial charge in [0.15, 0.2) is 0 Å². The fraction of sp³-hybridized carbons (Fsp3) is 0.769. The van der Waals surface area contributed by atoms with Crippen molar-refractivity contribution in [3.05, 3.63) is 11.6 Å². The minimum Gasteiger partial charge on any atom is -0.459 e. The van der Waals surface area contributed by atoms with Gasteiger partial charge in [-0.2, -0.15) is 0 Å². The average molecular weight is 256 g/mol. The third-order valence-electron chi connectivity index (χ3n) is 2.77. The third kappa shape index (κ3) is 5.62. The number of hydrogen-bond donors (Lipinski definition) is 0. The zero-order chi connectivity index (χ0) is 12.8. The topological polar surface area (TPSA) is 60.6 Å². The summed E-state index contributed by atoms with van der Waals surface area (Å²) < 4.78 is 20.5.